The largest absolute Gasteiger partial charge is 0.490 e. The highest BCUT2D eigenvalue weighted by molar-refractivity contribution is 7.87. The van der Waals surface area contributed by atoms with Gasteiger partial charge in [0.25, 0.3) is 5.91 Å². The van der Waals surface area contributed by atoms with Gasteiger partial charge in [0.15, 0.2) is 11.5 Å². The first-order valence-electron chi connectivity index (χ1n) is 9.24. The summed E-state index contributed by atoms with van der Waals surface area (Å²) < 4.78 is 35.7. The van der Waals surface area contributed by atoms with Gasteiger partial charge in [-0.1, -0.05) is 29.8 Å². The van der Waals surface area contributed by atoms with Crippen LogP contribution < -0.4 is 14.3 Å². The van der Waals surface area contributed by atoms with Crippen LogP contribution in [0.25, 0.3) is 0 Å². The molecule has 1 amide bonds. The van der Waals surface area contributed by atoms with Gasteiger partial charge in [-0.05, 0) is 67.1 Å². The number of rotatable bonds is 8. The predicted octanol–water partition coefficient (Wildman–Crippen LogP) is 4.27. The molecule has 3 rings (SSSR count). The molecule has 0 spiro atoms. The lowest BCUT2D eigenvalue weighted by Crippen LogP contribution is -2.17. The maximum atomic E-state index is 12.5. The summed E-state index contributed by atoms with van der Waals surface area (Å²) in [4.78, 5) is 12.1. The number of carbonyl (C=O) groups is 1. The van der Waals surface area contributed by atoms with E-state index < -0.39 is 16.0 Å². The first kappa shape index (κ1) is 22.3. The minimum absolute atomic E-state index is 0.0352. The van der Waals surface area contributed by atoms with E-state index in [-0.39, 0.29) is 16.4 Å². The van der Waals surface area contributed by atoms with Crippen LogP contribution in [0, 0.1) is 0 Å². The average molecular weight is 459 g/mol. The van der Waals surface area contributed by atoms with Gasteiger partial charge in [-0.25, -0.2) is 5.43 Å². The van der Waals surface area contributed by atoms with Gasteiger partial charge < -0.3 is 8.92 Å². The molecule has 0 fully saturated rings. The number of ether oxygens (including phenoxy) is 1. The Hall–Kier alpha value is -3.36. The molecule has 9 heteroatoms. The van der Waals surface area contributed by atoms with Gasteiger partial charge in [-0.3, -0.25) is 4.79 Å². The molecule has 7 nitrogen and oxygen atoms in total. The number of halogens is 1. The Morgan fingerprint density at radius 3 is 2.42 bits per heavy atom. The summed E-state index contributed by atoms with van der Waals surface area (Å²) in [5, 5.41) is 4.45. The number of nitrogens with one attached hydrogen (secondary N) is 1. The third-order valence-corrected chi connectivity index (χ3v) is 5.49. The van der Waals surface area contributed by atoms with Crippen LogP contribution >= 0.6 is 11.6 Å². The smallest absolute Gasteiger partial charge is 0.339 e. The zero-order valence-electron chi connectivity index (χ0n) is 16.5. The predicted molar refractivity (Wildman–Crippen MR) is 118 cm³/mol. The number of nitrogens with zero attached hydrogens (tertiary/aromatic N) is 1. The van der Waals surface area contributed by atoms with E-state index in [0.717, 1.165) is 0 Å². The second kappa shape index (κ2) is 10.1. The van der Waals surface area contributed by atoms with Gasteiger partial charge in [0.1, 0.15) is 4.90 Å². The maximum Gasteiger partial charge on any atom is 0.339 e. The Labute approximate surface area is 185 Å². The average Bonchev–Trinajstić information content (AvgIpc) is 2.76. The van der Waals surface area contributed by atoms with E-state index in [2.05, 4.69) is 10.5 Å². The summed E-state index contributed by atoms with van der Waals surface area (Å²) in [6.07, 6.45) is 1.41. The van der Waals surface area contributed by atoms with Crippen LogP contribution in [-0.2, 0) is 10.1 Å². The van der Waals surface area contributed by atoms with Gasteiger partial charge in [0.05, 0.1) is 12.8 Å². The van der Waals surface area contributed by atoms with Crippen molar-refractivity contribution in [3.63, 3.8) is 0 Å². The topological polar surface area (TPSA) is 94.1 Å². The van der Waals surface area contributed by atoms with E-state index in [9.17, 15) is 13.2 Å². The fourth-order valence-electron chi connectivity index (χ4n) is 2.53. The molecule has 0 saturated carbocycles. The van der Waals surface area contributed by atoms with Crippen molar-refractivity contribution >= 4 is 33.8 Å². The monoisotopic (exact) mass is 458 g/mol. The lowest BCUT2D eigenvalue weighted by Gasteiger charge is -2.12. The van der Waals surface area contributed by atoms with E-state index in [4.69, 9.17) is 20.5 Å². The molecule has 31 heavy (non-hydrogen) atoms. The molecule has 0 heterocycles. The molecule has 0 atom stereocenters. The van der Waals surface area contributed by atoms with Crippen molar-refractivity contribution in [3.05, 3.63) is 88.9 Å². The molecule has 1 N–H and O–H groups in total. The standard InChI is InChI=1S/C22H19ClN2O5S/c1-2-29-21-14-16(15-24-25-22(26)17-9-11-18(23)12-10-17)8-13-20(21)30-31(27,28)19-6-4-3-5-7-19/h3-15H,2H2,1H3,(H,25,26)/b24-15-. The molecule has 0 aliphatic rings. The van der Waals surface area contributed by atoms with Crippen molar-refractivity contribution in [2.75, 3.05) is 6.61 Å². The molecule has 0 radical (unpaired) electrons. The van der Waals surface area contributed by atoms with E-state index in [0.29, 0.717) is 22.8 Å². The second-order valence-corrected chi connectivity index (χ2v) is 8.18. The van der Waals surface area contributed by atoms with E-state index in [1.807, 2.05) is 0 Å². The number of hydrazone groups is 1. The van der Waals surface area contributed by atoms with E-state index in [1.54, 1.807) is 61.5 Å². The SMILES string of the molecule is CCOc1cc(/C=N\NC(=O)c2ccc(Cl)cc2)ccc1OS(=O)(=O)c1ccccc1. The maximum absolute atomic E-state index is 12.5. The van der Waals surface area contributed by atoms with Gasteiger partial charge in [-0.2, -0.15) is 13.5 Å². The first-order valence-corrected chi connectivity index (χ1v) is 11.0. The van der Waals surface area contributed by atoms with Crippen LogP contribution in [-0.4, -0.2) is 27.1 Å². The number of carbonyl (C=O) groups excluding carboxylic acids is 1. The van der Waals surface area contributed by atoms with Gasteiger partial charge >= 0.3 is 10.1 Å². The Kier molecular flexibility index (Phi) is 7.28. The highest BCUT2D eigenvalue weighted by Gasteiger charge is 2.19. The highest BCUT2D eigenvalue weighted by atomic mass is 35.5. The summed E-state index contributed by atoms with van der Waals surface area (Å²) in [7, 11) is -4.01. The fraction of sp³-hybridized carbons (Fsp3) is 0.0909. The molecule has 0 aliphatic carbocycles. The van der Waals surface area contributed by atoms with Crippen molar-refractivity contribution < 1.29 is 22.1 Å². The molecule has 0 unspecified atom stereocenters. The van der Waals surface area contributed by atoms with Crippen LogP contribution in [0.5, 0.6) is 11.5 Å². The van der Waals surface area contributed by atoms with Crippen molar-refractivity contribution in [3.8, 4) is 11.5 Å². The number of benzene rings is 3. The van der Waals surface area contributed by atoms with Crippen LogP contribution in [0.1, 0.15) is 22.8 Å². The molecule has 0 saturated heterocycles. The van der Waals surface area contributed by atoms with E-state index in [1.165, 1.54) is 24.4 Å². The third kappa shape index (κ3) is 6.07. The van der Waals surface area contributed by atoms with Crippen LogP contribution in [0.2, 0.25) is 5.02 Å². The summed E-state index contributed by atoms with van der Waals surface area (Å²) in [6.45, 7) is 2.07. The highest BCUT2D eigenvalue weighted by Crippen LogP contribution is 2.30. The lowest BCUT2D eigenvalue weighted by molar-refractivity contribution is 0.0955. The third-order valence-electron chi connectivity index (χ3n) is 3.99. The lowest BCUT2D eigenvalue weighted by atomic mass is 10.2. The Balaban J connectivity index is 1.74. The van der Waals surface area contributed by atoms with Crippen molar-refractivity contribution in [2.45, 2.75) is 11.8 Å². The fourth-order valence-corrected chi connectivity index (χ4v) is 3.61. The summed E-state index contributed by atoms with van der Waals surface area (Å²) in [5.41, 5.74) is 3.39. The first-order chi connectivity index (χ1) is 14.9. The number of hydrogen-bond acceptors (Lipinski definition) is 6. The summed E-state index contributed by atoms with van der Waals surface area (Å²) in [6, 6.07) is 18.8. The Morgan fingerprint density at radius 2 is 1.74 bits per heavy atom. The van der Waals surface area contributed by atoms with Crippen LogP contribution in [0.4, 0.5) is 0 Å². The molecular weight excluding hydrogens is 440 g/mol. The summed E-state index contributed by atoms with van der Waals surface area (Å²) >= 11 is 5.81. The van der Waals surface area contributed by atoms with Crippen molar-refractivity contribution in [1.29, 1.82) is 0 Å². The van der Waals surface area contributed by atoms with Crippen molar-refractivity contribution in [1.82, 2.24) is 5.43 Å². The minimum atomic E-state index is -4.01. The zero-order valence-corrected chi connectivity index (χ0v) is 18.1. The number of amides is 1. The quantitative estimate of drug-likeness (QED) is 0.309. The molecule has 3 aromatic rings. The Morgan fingerprint density at radius 1 is 1.03 bits per heavy atom. The van der Waals surface area contributed by atoms with Crippen LogP contribution in [0.3, 0.4) is 0 Å². The normalized spacial score (nSPS) is 11.3. The minimum Gasteiger partial charge on any atom is -0.490 e. The number of hydrogen-bond donors (Lipinski definition) is 1. The van der Waals surface area contributed by atoms with Gasteiger partial charge in [0, 0.05) is 10.6 Å². The molecule has 0 bridgehead atoms. The van der Waals surface area contributed by atoms with E-state index >= 15 is 0 Å². The molecule has 0 aromatic heterocycles. The van der Waals surface area contributed by atoms with Crippen LogP contribution in [0.15, 0.2) is 82.8 Å². The van der Waals surface area contributed by atoms with Gasteiger partial charge in [-0.15, -0.1) is 0 Å². The molecule has 3 aromatic carbocycles. The second-order valence-electron chi connectivity index (χ2n) is 6.20. The zero-order chi connectivity index (χ0) is 22.3. The van der Waals surface area contributed by atoms with Crippen molar-refractivity contribution in [2.24, 2.45) is 5.10 Å². The summed E-state index contributed by atoms with van der Waals surface area (Å²) in [5.74, 6) is -0.116. The molecular formula is C22H19ClN2O5S. The van der Waals surface area contributed by atoms with Gasteiger partial charge in [0.2, 0.25) is 0 Å². The molecule has 0 aliphatic heterocycles. The molecule has 160 valence electrons. The Bertz CT molecular complexity index is 1180.